The smallest absolute Gasteiger partial charge is 0.329 e. The average molecular weight is 409 g/mol. The average Bonchev–Trinajstić information content (AvgIpc) is 3.15. The highest BCUT2D eigenvalue weighted by Crippen LogP contribution is 2.24. The Balaban J connectivity index is 1.58. The highest BCUT2D eigenvalue weighted by molar-refractivity contribution is 6.30. The molecule has 0 saturated carbocycles. The molecule has 0 aliphatic rings. The molecule has 0 aliphatic heterocycles. The number of benzene rings is 2. The van der Waals surface area contributed by atoms with Crippen LogP contribution in [-0.2, 0) is 17.9 Å². The summed E-state index contributed by atoms with van der Waals surface area (Å²) in [5.74, 6) is -0.443. The molecule has 29 heavy (non-hydrogen) atoms. The Labute approximate surface area is 170 Å². The lowest BCUT2D eigenvalue weighted by molar-refractivity contribution is -0.121. The van der Waals surface area contributed by atoms with Gasteiger partial charge < -0.3 is 15.3 Å². The summed E-state index contributed by atoms with van der Waals surface area (Å²) in [4.78, 5) is 43.1. The molecule has 0 radical (unpaired) electrons. The number of aromatic amines is 2. The zero-order chi connectivity index (χ0) is 20.4. The van der Waals surface area contributed by atoms with E-state index in [2.05, 4.69) is 15.3 Å². The molecule has 3 N–H and O–H groups in total. The van der Waals surface area contributed by atoms with Gasteiger partial charge in [0.05, 0.1) is 5.52 Å². The molecular weight excluding hydrogens is 392 g/mol. The second-order valence-corrected chi connectivity index (χ2v) is 6.98. The zero-order valence-corrected chi connectivity index (χ0v) is 16.0. The molecule has 4 rings (SSSR count). The fourth-order valence-electron chi connectivity index (χ4n) is 3.11. The van der Waals surface area contributed by atoms with Crippen LogP contribution in [0.25, 0.3) is 22.2 Å². The molecule has 0 bridgehead atoms. The van der Waals surface area contributed by atoms with Gasteiger partial charge in [-0.1, -0.05) is 54.1 Å². The van der Waals surface area contributed by atoms with Gasteiger partial charge in [0, 0.05) is 23.3 Å². The molecule has 8 heteroatoms. The van der Waals surface area contributed by atoms with Crippen molar-refractivity contribution >= 4 is 28.5 Å². The molecule has 2 heterocycles. The number of aromatic nitrogens is 3. The highest BCUT2D eigenvalue weighted by Gasteiger charge is 2.15. The normalized spacial score (nSPS) is 10.9. The molecule has 7 nitrogen and oxygen atoms in total. The summed E-state index contributed by atoms with van der Waals surface area (Å²) in [6.45, 7) is -0.108. The number of nitrogens with one attached hydrogen (secondary N) is 3. The van der Waals surface area contributed by atoms with E-state index in [0.29, 0.717) is 16.1 Å². The summed E-state index contributed by atoms with van der Waals surface area (Å²) in [6.07, 6.45) is 1.67. The molecule has 0 spiro atoms. The van der Waals surface area contributed by atoms with Crippen molar-refractivity contribution in [3.05, 3.63) is 92.2 Å². The van der Waals surface area contributed by atoms with Gasteiger partial charge in [-0.15, -0.1) is 0 Å². The van der Waals surface area contributed by atoms with Crippen LogP contribution in [0, 0.1) is 0 Å². The molecule has 1 amide bonds. The van der Waals surface area contributed by atoms with Crippen LogP contribution in [0.4, 0.5) is 0 Å². The van der Waals surface area contributed by atoms with Crippen molar-refractivity contribution in [2.75, 3.05) is 0 Å². The maximum absolute atomic E-state index is 12.8. The van der Waals surface area contributed by atoms with Crippen LogP contribution in [0.1, 0.15) is 5.56 Å². The summed E-state index contributed by atoms with van der Waals surface area (Å²) in [7, 11) is 0. The Morgan fingerprint density at radius 1 is 1.00 bits per heavy atom. The standard InChI is InChI=1S/C21H17ClN4O3/c22-15-8-6-13(7-9-15)10-23-17(27)12-26-20(28)19-18(25-21(26)29)16(11-24-19)14-4-2-1-3-5-14/h1-9,11,24H,10,12H2,(H,23,27)(H,25,29). The summed E-state index contributed by atoms with van der Waals surface area (Å²) >= 11 is 5.84. The van der Waals surface area contributed by atoms with E-state index in [1.165, 1.54) is 0 Å². The SMILES string of the molecule is O=C(Cn1c(=O)[nH]c2c(-c3ccccc3)c[nH]c2c1=O)NCc1ccc(Cl)cc1. The van der Waals surface area contributed by atoms with Crippen LogP contribution in [0.5, 0.6) is 0 Å². The molecule has 0 atom stereocenters. The van der Waals surface area contributed by atoms with Gasteiger partial charge in [-0.2, -0.15) is 0 Å². The second-order valence-electron chi connectivity index (χ2n) is 6.54. The van der Waals surface area contributed by atoms with E-state index < -0.39 is 17.2 Å². The van der Waals surface area contributed by atoms with Gasteiger partial charge in [0.1, 0.15) is 12.1 Å². The van der Waals surface area contributed by atoms with E-state index in [9.17, 15) is 14.4 Å². The third-order valence-corrected chi connectivity index (χ3v) is 4.86. The largest absolute Gasteiger partial charge is 0.355 e. The molecule has 2 aromatic heterocycles. The van der Waals surface area contributed by atoms with Gasteiger partial charge in [0.2, 0.25) is 5.91 Å². The van der Waals surface area contributed by atoms with Crippen molar-refractivity contribution < 1.29 is 4.79 Å². The maximum atomic E-state index is 12.8. The first-order valence-corrected chi connectivity index (χ1v) is 9.31. The van der Waals surface area contributed by atoms with Crippen molar-refractivity contribution in [1.82, 2.24) is 19.9 Å². The van der Waals surface area contributed by atoms with Crippen molar-refractivity contribution in [1.29, 1.82) is 0 Å². The van der Waals surface area contributed by atoms with Gasteiger partial charge in [-0.3, -0.25) is 9.59 Å². The lowest BCUT2D eigenvalue weighted by Gasteiger charge is -2.07. The molecule has 146 valence electrons. The van der Waals surface area contributed by atoms with Gasteiger partial charge >= 0.3 is 5.69 Å². The predicted molar refractivity (Wildman–Crippen MR) is 112 cm³/mol. The van der Waals surface area contributed by atoms with Crippen molar-refractivity contribution in [3.63, 3.8) is 0 Å². The number of rotatable bonds is 5. The van der Waals surface area contributed by atoms with E-state index in [-0.39, 0.29) is 18.6 Å². The number of hydrogen-bond acceptors (Lipinski definition) is 3. The van der Waals surface area contributed by atoms with Crippen LogP contribution in [0.15, 0.2) is 70.4 Å². The highest BCUT2D eigenvalue weighted by atomic mass is 35.5. The minimum absolute atomic E-state index is 0.244. The van der Waals surface area contributed by atoms with Crippen LogP contribution < -0.4 is 16.6 Å². The fraction of sp³-hybridized carbons (Fsp3) is 0.0952. The van der Waals surface area contributed by atoms with E-state index in [1.54, 1.807) is 30.5 Å². The number of H-pyrrole nitrogens is 2. The van der Waals surface area contributed by atoms with Crippen LogP contribution in [0.3, 0.4) is 0 Å². The Bertz CT molecular complexity index is 1290. The molecule has 4 aromatic rings. The van der Waals surface area contributed by atoms with E-state index >= 15 is 0 Å². The number of halogens is 1. The number of fused-ring (bicyclic) bond motifs is 1. The van der Waals surface area contributed by atoms with E-state index in [0.717, 1.165) is 15.7 Å². The molecular formula is C21H17ClN4O3. The number of hydrogen-bond donors (Lipinski definition) is 3. The third kappa shape index (κ3) is 3.86. The number of carbonyl (C=O) groups excluding carboxylic acids is 1. The predicted octanol–water partition coefficient (Wildman–Crippen LogP) is 2.65. The molecule has 0 unspecified atom stereocenters. The summed E-state index contributed by atoms with van der Waals surface area (Å²) in [5, 5.41) is 3.30. The molecule has 0 saturated heterocycles. The minimum atomic E-state index is -0.638. The Morgan fingerprint density at radius 2 is 1.72 bits per heavy atom. The summed E-state index contributed by atoms with van der Waals surface area (Å²) < 4.78 is 0.880. The molecule has 0 fully saturated rings. The Kier molecular flexibility index (Phi) is 5.05. The fourth-order valence-corrected chi connectivity index (χ4v) is 3.24. The quantitative estimate of drug-likeness (QED) is 0.473. The lowest BCUT2D eigenvalue weighted by atomic mass is 10.1. The van der Waals surface area contributed by atoms with Crippen LogP contribution in [-0.4, -0.2) is 20.4 Å². The van der Waals surface area contributed by atoms with Gasteiger partial charge in [-0.25, -0.2) is 9.36 Å². The van der Waals surface area contributed by atoms with Gasteiger partial charge in [0.15, 0.2) is 0 Å². The Hall–Kier alpha value is -3.58. The number of nitrogens with zero attached hydrogens (tertiary/aromatic N) is 1. The first-order valence-electron chi connectivity index (χ1n) is 8.93. The third-order valence-electron chi connectivity index (χ3n) is 4.61. The summed E-state index contributed by atoms with van der Waals surface area (Å²) in [6, 6.07) is 16.4. The van der Waals surface area contributed by atoms with Crippen molar-refractivity contribution in [2.45, 2.75) is 13.1 Å². The second kappa shape index (κ2) is 7.81. The van der Waals surface area contributed by atoms with Crippen LogP contribution in [0.2, 0.25) is 5.02 Å². The van der Waals surface area contributed by atoms with Crippen LogP contribution >= 0.6 is 11.6 Å². The zero-order valence-electron chi connectivity index (χ0n) is 15.2. The number of carbonyl (C=O) groups is 1. The minimum Gasteiger partial charge on any atom is -0.355 e. The summed E-state index contributed by atoms with van der Waals surface area (Å²) in [5.41, 5.74) is 1.92. The monoisotopic (exact) mass is 408 g/mol. The maximum Gasteiger partial charge on any atom is 0.329 e. The van der Waals surface area contributed by atoms with Gasteiger partial charge in [0.25, 0.3) is 5.56 Å². The Morgan fingerprint density at radius 3 is 2.45 bits per heavy atom. The molecule has 0 aliphatic carbocycles. The van der Waals surface area contributed by atoms with E-state index in [1.807, 2.05) is 30.3 Å². The van der Waals surface area contributed by atoms with Crippen molar-refractivity contribution in [3.8, 4) is 11.1 Å². The van der Waals surface area contributed by atoms with Gasteiger partial charge in [-0.05, 0) is 23.3 Å². The van der Waals surface area contributed by atoms with Crippen molar-refractivity contribution in [2.24, 2.45) is 0 Å². The first kappa shape index (κ1) is 18.8. The first-order chi connectivity index (χ1) is 14.0. The number of amides is 1. The molecule has 2 aromatic carbocycles. The van der Waals surface area contributed by atoms with E-state index in [4.69, 9.17) is 11.6 Å². The topological polar surface area (TPSA) is 99.8 Å². The lowest BCUT2D eigenvalue weighted by Crippen LogP contribution is -2.40.